The van der Waals surface area contributed by atoms with Gasteiger partial charge in [-0.1, -0.05) is 6.07 Å². The normalized spacial score (nSPS) is 16.8. The molecule has 0 saturated carbocycles. The summed E-state index contributed by atoms with van der Waals surface area (Å²) in [5, 5.41) is 8.87. The molecule has 5 nitrogen and oxygen atoms in total. The summed E-state index contributed by atoms with van der Waals surface area (Å²) in [6.07, 6.45) is 2.38. The van der Waals surface area contributed by atoms with Crippen molar-refractivity contribution in [3.8, 4) is 11.8 Å². The summed E-state index contributed by atoms with van der Waals surface area (Å²) in [5.74, 6) is 0.717. The van der Waals surface area contributed by atoms with E-state index in [4.69, 9.17) is 10.00 Å². The minimum Gasteiger partial charge on any atom is -0.497 e. The molecule has 0 unspecified atom stereocenters. The number of hydrogen-bond acceptors (Lipinski definition) is 3. The van der Waals surface area contributed by atoms with Gasteiger partial charge in [-0.2, -0.15) is 5.26 Å². The van der Waals surface area contributed by atoms with Crippen LogP contribution >= 0.6 is 0 Å². The van der Waals surface area contributed by atoms with Crippen molar-refractivity contribution in [1.29, 1.82) is 5.26 Å². The fraction of sp³-hybridized carbons (Fsp3) is 0.294. The second-order valence-corrected chi connectivity index (χ2v) is 5.40. The summed E-state index contributed by atoms with van der Waals surface area (Å²) < 4.78 is 5.28. The number of carbonyl (C=O) groups excluding carboxylic acids is 1. The molecule has 1 aliphatic rings. The highest BCUT2D eigenvalue weighted by Crippen LogP contribution is 2.32. The standard InChI is InChI=1S/C17H17N3O2/c1-11-15-8-14(22-2)4-3-13(15)5-6-20(11)17(21)16-7-12(9-18)10-19-16/h3-4,7-8,10-11,19H,5-6H2,1-2H3/t11-/m1/s1. The van der Waals surface area contributed by atoms with Crippen molar-refractivity contribution >= 4 is 5.91 Å². The maximum absolute atomic E-state index is 12.7. The van der Waals surface area contributed by atoms with Gasteiger partial charge in [0.2, 0.25) is 0 Å². The van der Waals surface area contributed by atoms with E-state index in [0.717, 1.165) is 17.7 Å². The molecule has 0 aliphatic carbocycles. The number of fused-ring (bicyclic) bond motifs is 1. The van der Waals surface area contributed by atoms with E-state index in [1.54, 1.807) is 19.4 Å². The third kappa shape index (κ3) is 2.33. The van der Waals surface area contributed by atoms with Crippen molar-refractivity contribution in [2.24, 2.45) is 0 Å². The van der Waals surface area contributed by atoms with Crippen molar-refractivity contribution in [3.63, 3.8) is 0 Å². The van der Waals surface area contributed by atoms with Crippen LogP contribution in [0.2, 0.25) is 0 Å². The minimum atomic E-state index is -0.0810. The van der Waals surface area contributed by atoms with Gasteiger partial charge in [0.05, 0.1) is 18.7 Å². The van der Waals surface area contributed by atoms with Gasteiger partial charge in [-0.05, 0) is 42.7 Å². The summed E-state index contributed by atoms with van der Waals surface area (Å²) in [6, 6.07) is 9.61. The molecule has 0 radical (unpaired) electrons. The Labute approximate surface area is 129 Å². The lowest BCUT2D eigenvalue weighted by molar-refractivity contribution is 0.0672. The van der Waals surface area contributed by atoms with E-state index in [0.29, 0.717) is 17.8 Å². The van der Waals surface area contributed by atoms with Gasteiger partial charge < -0.3 is 14.6 Å². The molecule has 2 aromatic rings. The SMILES string of the molecule is COc1ccc2c(c1)[C@@H](C)N(C(=O)c1cc(C#N)c[nH]1)CC2. The first-order valence-electron chi connectivity index (χ1n) is 7.20. The Kier molecular flexibility index (Phi) is 3.60. The second-order valence-electron chi connectivity index (χ2n) is 5.40. The first kappa shape index (κ1) is 14.2. The lowest BCUT2D eigenvalue weighted by atomic mass is 9.93. The maximum Gasteiger partial charge on any atom is 0.270 e. The molecule has 1 aromatic heterocycles. The molecule has 0 fully saturated rings. The lowest BCUT2D eigenvalue weighted by Gasteiger charge is -2.35. The monoisotopic (exact) mass is 295 g/mol. The van der Waals surface area contributed by atoms with Crippen molar-refractivity contribution in [3.05, 3.63) is 52.8 Å². The van der Waals surface area contributed by atoms with Crippen LogP contribution in [-0.4, -0.2) is 29.4 Å². The van der Waals surface area contributed by atoms with Gasteiger partial charge in [0.1, 0.15) is 17.5 Å². The number of rotatable bonds is 2. The Hall–Kier alpha value is -2.74. The molecule has 112 valence electrons. The smallest absolute Gasteiger partial charge is 0.270 e. The van der Waals surface area contributed by atoms with Gasteiger partial charge in [0.25, 0.3) is 5.91 Å². The number of amides is 1. The van der Waals surface area contributed by atoms with Crippen LogP contribution in [0, 0.1) is 11.3 Å². The molecule has 2 heterocycles. The third-order valence-electron chi connectivity index (χ3n) is 4.20. The van der Waals surface area contributed by atoms with E-state index >= 15 is 0 Å². The van der Waals surface area contributed by atoms with Gasteiger partial charge in [-0.3, -0.25) is 4.79 Å². The number of carbonyl (C=O) groups is 1. The van der Waals surface area contributed by atoms with Gasteiger partial charge in [-0.25, -0.2) is 0 Å². The zero-order valence-electron chi connectivity index (χ0n) is 12.6. The Morgan fingerprint density at radius 3 is 2.95 bits per heavy atom. The van der Waals surface area contributed by atoms with Crippen molar-refractivity contribution in [2.45, 2.75) is 19.4 Å². The number of nitrogens with one attached hydrogen (secondary N) is 1. The number of aromatic amines is 1. The molecule has 0 spiro atoms. The van der Waals surface area contributed by atoms with E-state index in [1.165, 1.54) is 5.56 Å². The average Bonchev–Trinajstić information content (AvgIpc) is 3.03. The predicted molar refractivity (Wildman–Crippen MR) is 81.7 cm³/mol. The summed E-state index contributed by atoms with van der Waals surface area (Å²) >= 11 is 0. The summed E-state index contributed by atoms with van der Waals surface area (Å²) in [7, 11) is 1.64. The third-order valence-corrected chi connectivity index (χ3v) is 4.20. The molecule has 1 aliphatic heterocycles. The highest BCUT2D eigenvalue weighted by atomic mass is 16.5. The molecule has 1 N–H and O–H groups in total. The first-order chi connectivity index (χ1) is 10.6. The highest BCUT2D eigenvalue weighted by Gasteiger charge is 2.29. The molecule has 0 saturated heterocycles. The van der Waals surface area contributed by atoms with Gasteiger partial charge in [0, 0.05) is 12.7 Å². The number of benzene rings is 1. The number of nitriles is 1. The predicted octanol–water partition coefficient (Wildman–Crippen LogP) is 2.65. The quantitative estimate of drug-likeness (QED) is 0.926. The van der Waals surface area contributed by atoms with Crippen LogP contribution in [0.5, 0.6) is 5.75 Å². The topological polar surface area (TPSA) is 69.1 Å². The number of methoxy groups -OCH3 is 1. The molecule has 1 aromatic carbocycles. The van der Waals surface area contributed by atoms with Crippen LogP contribution in [0.4, 0.5) is 0 Å². The number of nitrogens with zero attached hydrogens (tertiary/aromatic N) is 2. The van der Waals surface area contributed by atoms with Crippen LogP contribution in [0.1, 0.15) is 40.1 Å². The van der Waals surface area contributed by atoms with Crippen LogP contribution in [0.25, 0.3) is 0 Å². The van der Waals surface area contributed by atoms with Crippen LogP contribution in [0.15, 0.2) is 30.5 Å². The Balaban J connectivity index is 1.90. The van der Waals surface area contributed by atoms with E-state index < -0.39 is 0 Å². The molecular weight excluding hydrogens is 278 g/mol. The van der Waals surface area contributed by atoms with Crippen molar-refractivity contribution in [2.75, 3.05) is 13.7 Å². The summed E-state index contributed by atoms with van der Waals surface area (Å²) in [5.41, 5.74) is 3.29. The first-order valence-corrected chi connectivity index (χ1v) is 7.20. The van der Waals surface area contributed by atoms with Gasteiger partial charge in [-0.15, -0.1) is 0 Å². The van der Waals surface area contributed by atoms with E-state index in [-0.39, 0.29) is 11.9 Å². The Bertz CT molecular complexity index is 758. The molecule has 22 heavy (non-hydrogen) atoms. The maximum atomic E-state index is 12.7. The molecular formula is C17H17N3O2. The molecule has 0 bridgehead atoms. The zero-order valence-corrected chi connectivity index (χ0v) is 12.6. The number of H-pyrrole nitrogens is 1. The highest BCUT2D eigenvalue weighted by molar-refractivity contribution is 5.93. The van der Waals surface area contributed by atoms with Crippen LogP contribution < -0.4 is 4.74 Å². The number of hydrogen-bond donors (Lipinski definition) is 1. The molecule has 1 amide bonds. The van der Waals surface area contributed by atoms with E-state index in [9.17, 15) is 4.79 Å². The van der Waals surface area contributed by atoms with Crippen LogP contribution in [0.3, 0.4) is 0 Å². The van der Waals surface area contributed by atoms with Gasteiger partial charge in [0.15, 0.2) is 0 Å². The largest absolute Gasteiger partial charge is 0.497 e. The summed E-state index contributed by atoms with van der Waals surface area (Å²) in [6.45, 7) is 2.68. The van der Waals surface area contributed by atoms with Crippen molar-refractivity contribution in [1.82, 2.24) is 9.88 Å². The van der Waals surface area contributed by atoms with Crippen molar-refractivity contribution < 1.29 is 9.53 Å². The molecule has 3 rings (SSSR count). The average molecular weight is 295 g/mol. The van der Waals surface area contributed by atoms with E-state index in [1.807, 2.05) is 30.0 Å². The fourth-order valence-electron chi connectivity index (χ4n) is 2.93. The summed E-state index contributed by atoms with van der Waals surface area (Å²) in [4.78, 5) is 17.4. The molecule has 5 heteroatoms. The second kappa shape index (κ2) is 5.57. The minimum absolute atomic E-state index is 0.0276. The van der Waals surface area contributed by atoms with Gasteiger partial charge >= 0.3 is 0 Å². The Morgan fingerprint density at radius 2 is 2.27 bits per heavy atom. The van der Waals surface area contributed by atoms with E-state index in [2.05, 4.69) is 11.1 Å². The van der Waals surface area contributed by atoms with Crippen LogP contribution in [-0.2, 0) is 6.42 Å². The molecule has 1 atom stereocenters. The lowest BCUT2D eigenvalue weighted by Crippen LogP contribution is -2.39. The number of ether oxygens (including phenoxy) is 1. The number of aromatic nitrogens is 1. The fourth-order valence-corrected chi connectivity index (χ4v) is 2.93. The Morgan fingerprint density at radius 1 is 1.45 bits per heavy atom. The zero-order chi connectivity index (χ0) is 15.7.